The summed E-state index contributed by atoms with van der Waals surface area (Å²) in [5.74, 6) is -1.83. The first-order valence-electron chi connectivity index (χ1n) is 9.62. The van der Waals surface area contributed by atoms with Crippen LogP contribution in [0.2, 0.25) is 0 Å². The summed E-state index contributed by atoms with van der Waals surface area (Å²) < 4.78 is 19.7. The SMILES string of the molecule is O=C(NCC(c1ccc(F)cc1)N1CCOCC1)C(=O)Nc1nc2ccccc2s1. The topological polar surface area (TPSA) is 83.6 Å². The van der Waals surface area contributed by atoms with Gasteiger partial charge in [-0.2, -0.15) is 0 Å². The maximum Gasteiger partial charge on any atom is 0.315 e. The molecule has 30 heavy (non-hydrogen) atoms. The van der Waals surface area contributed by atoms with Gasteiger partial charge in [-0.1, -0.05) is 35.6 Å². The van der Waals surface area contributed by atoms with Gasteiger partial charge < -0.3 is 10.1 Å². The third-order valence-electron chi connectivity index (χ3n) is 4.92. The molecule has 2 heterocycles. The fourth-order valence-electron chi connectivity index (χ4n) is 3.38. The van der Waals surface area contributed by atoms with E-state index in [4.69, 9.17) is 4.74 Å². The lowest BCUT2D eigenvalue weighted by Gasteiger charge is -2.34. The lowest BCUT2D eigenvalue weighted by atomic mass is 10.0. The van der Waals surface area contributed by atoms with E-state index in [0.717, 1.165) is 15.8 Å². The molecule has 0 bridgehead atoms. The predicted octanol–water partition coefficient (Wildman–Crippen LogP) is 2.56. The van der Waals surface area contributed by atoms with Crippen LogP contribution >= 0.6 is 11.3 Å². The molecule has 4 rings (SSSR count). The zero-order valence-electron chi connectivity index (χ0n) is 16.1. The Morgan fingerprint density at radius 1 is 1.10 bits per heavy atom. The van der Waals surface area contributed by atoms with E-state index in [9.17, 15) is 14.0 Å². The number of aromatic nitrogens is 1. The van der Waals surface area contributed by atoms with Crippen molar-refractivity contribution in [2.45, 2.75) is 6.04 Å². The maximum absolute atomic E-state index is 13.3. The zero-order chi connectivity index (χ0) is 20.9. The second-order valence-corrected chi connectivity index (χ2v) is 7.90. The molecule has 1 aliphatic rings. The first-order chi connectivity index (χ1) is 14.6. The van der Waals surface area contributed by atoms with Gasteiger partial charge in [0.1, 0.15) is 5.82 Å². The highest BCUT2D eigenvalue weighted by molar-refractivity contribution is 7.22. The van der Waals surface area contributed by atoms with E-state index < -0.39 is 11.8 Å². The van der Waals surface area contributed by atoms with E-state index in [0.29, 0.717) is 31.4 Å². The Morgan fingerprint density at radius 2 is 1.83 bits per heavy atom. The number of thiazole rings is 1. The monoisotopic (exact) mass is 428 g/mol. The summed E-state index contributed by atoms with van der Waals surface area (Å²) in [6, 6.07) is 13.5. The molecule has 0 saturated carbocycles. The quantitative estimate of drug-likeness (QED) is 0.611. The van der Waals surface area contributed by atoms with Crippen molar-refractivity contribution in [1.29, 1.82) is 0 Å². The van der Waals surface area contributed by atoms with Crippen LogP contribution in [0.4, 0.5) is 9.52 Å². The fourth-order valence-corrected chi connectivity index (χ4v) is 4.24. The number of para-hydroxylation sites is 1. The van der Waals surface area contributed by atoms with Gasteiger partial charge in [-0.05, 0) is 29.8 Å². The van der Waals surface area contributed by atoms with Gasteiger partial charge in [-0.15, -0.1) is 0 Å². The largest absolute Gasteiger partial charge is 0.379 e. The van der Waals surface area contributed by atoms with Crippen LogP contribution in [0.1, 0.15) is 11.6 Å². The van der Waals surface area contributed by atoms with Crippen LogP contribution in [0.3, 0.4) is 0 Å². The molecule has 2 amide bonds. The third kappa shape index (κ3) is 4.81. The van der Waals surface area contributed by atoms with Crippen molar-refractivity contribution in [3.8, 4) is 0 Å². The Morgan fingerprint density at radius 3 is 2.57 bits per heavy atom. The number of hydrogen-bond donors (Lipinski definition) is 2. The highest BCUT2D eigenvalue weighted by Gasteiger charge is 2.25. The minimum atomic E-state index is -0.770. The van der Waals surface area contributed by atoms with Gasteiger partial charge in [0.15, 0.2) is 5.13 Å². The number of halogens is 1. The number of carbonyl (C=O) groups is 2. The van der Waals surface area contributed by atoms with Gasteiger partial charge in [0.05, 0.1) is 29.5 Å². The van der Waals surface area contributed by atoms with Crippen molar-refractivity contribution in [1.82, 2.24) is 15.2 Å². The van der Waals surface area contributed by atoms with Crippen molar-refractivity contribution >= 4 is 38.5 Å². The average Bonchev–Trinajstić information content (AvgIpc) is 3.18. The fraction of sp³-hybridized carbons (Fsp3) is 0.286. The molecule has 156 valence electrons. The van der Waals surface area contributed by atoms with E-state index in [2.05, 4.69) is 20.5 Å². The third-order valence-corrected chi connectivity index (χ3v) is 5.87. The molecule has 0 spiro atoms. The highest BCUT2D eigenvalue weighted by Crippen LogP contribution is 2.25. The zero-order valence-corrected chi connectivity index (χ0v) is 17.0. The first kappa shape index (κ1) is 20.4. The van der Waals surface area contributed by atoms with Crippen LogP contribution in [0.25, 0.3) is 10.2 Å². The normalized spacial score (nSPS) is 15.6. The molecule has 2 N–H and O–H groups in total. The summed E-state index contributed by atoms with van der Waals surface area (Å²) in [6.07, 6.45) is 0. The second kappa shape index (κ2) is 9.29. The number of nitrogens with one attached hydrogen (secondary N) is 2. The smallest absolute Gasteiger partial charge is 0.315 e. The number of fused-ring (bicyclic) bond motifs is 1. The van der Waals surface area contributed by atoms with E-state index >= 15 is 0 Å². The number of morpholine rings is 1. The van der Waals surface area contributed by atoms with E-state index in [1.165, 1.54) is 23.5 Å². The molecule has 1 unspecified atom stereocenters. The van der Waals surface area contributed by atoms with Crippen LogP contribution in [0, 0.1) is 5.82 Å². The minimum Gasteiger partial charge on any atom is -0.379 e. The summed E-state index contributed by atoms with van der Waals surface area (Å²) in [4.78, 5) is 31.2. The summed E-state index contributed by atoms with van der Waals surface area (Å²) >= 11 is 1.31. The number of carbonyl (C=O) groups excluding carboxylic acids is 2. The molecule has 1 aliphatic heterocycles. The molecule has 1 atom stereocenters. The number of rotatable bonds is 5. The Hall–Kier alpha value is -2.88. The Labute approximate surface area is 176 Å². The van der Waals surface area contributed by atoms with Gasteiger partial charge in [0.2, 0.25) is 0 Å². The molecule has 1 aromatic heterocycles. The summed E-state index contributed by atoms with van der Waals surface area (Å²) in [6.45, 7) is 2.77. The highest BCUT2D eigenvalue weighted by atomic mass is 32.1. The van der Waals surface area contributed by atoms with E-state index in [1.807, 2.05) is 24.3 Å². The molecule has 7 nitrogen and oxygen atoms in total. The number of anilines is 1. The average molecular weight is 428 g/mol. The van der Waals surface area contributed by atoms with E-state index in [-0.39, 0.29) is 18.4 Å². The molecule has 3 aromatic rings. The number of hydrogen-bond acceptors (Lipinski definition) is 6. The van der Waals surface area contributed by atoms with Crippen molar-refractivity contribution in [3.05, 3.63) is 59.9 Å². The lowest BCUT2D eigenvalue weighted by Crippen LogP contribution is -2.45. The van der Waals surface area contributed by atoms with Crippen molar-refractivity contribution < 1.29 is 18.7 Å². The van der Waals surface area contributed by atoms with Crippen LogP contribution in [0.15, 0.2) is 48.5 Å². The van der Waals surface area contributed by atoms with Gasteiger partial charge in [-0.25, -0.2) is 9.37 Å². The van der Waals surface area contributed by atoms with Gasteiger partial charge >= 0.3 is 11.8 Å². The minimum absolute atomic E-state index is 0.186. The molecule has 0 radical (unpaired) electrons. The van der Waals surface area contributed by atoms with Crippen molar-refractivity contribution in [2.75, 3.05) is 38.2 Å². The molecule has 1 fully saturated rings. The van der Waals surface area contributed by atoms with E-state index in [1.54, 1.807) is 12.1 Å². The number of benzene rings is 2. The molecular weight excluding hydrogens is 407 g/mol. The molecular formula is C21H21FN4O3S. The number of ether oxygens (including phenoxy) is 1. The van der Waals surface area contributed by atoms with Crippen LogP contribution < -0.4 is 10.6 Å². The van der Waals surface area contributed by atoms with Crippen LogP contribution in [0.5, 0.6) is 0 Å². The second-order valence-electron chi connectivity index (χ2n) is 6.87. The van der Waals surface area contributed by atoms with Crippen molar-refractivity contribution in [3.63, 3.8) is 0 Å². The van der Waals surface area contributed by atoms with Gasteiger partial charge in [-0.3, -0.25) is 19.8 Å². The lowest BCUT2D eigenvalue weighted by molar-refractivity contribution is -0.136. The molecule has 2 aromatic carbocycles. The predicted molar refractivity (Wildman–Crippen MR) is 113 cm³/mol. The molecule has 9 heteroatoms. The first-order valence-corrected chi connectivity index (χ1v) is 10.4. The van der Waals surface area contributed by atoms with Crippen LogP contribution in [-0.4, -0.2) is 54.5 Å². The number of amides is 2. The maximum atomic E-state index is 13.3. The summed E-state index contributed by atoms with van der Waals surface area (Å²) in [5, 5.41) is 5.63. The van der Waals surface area contributed by atoms with Crippen molar-refractivity contribution in [2.24, 2.45) is 0 Å². The van der Waals surface area contributed by atoms with Crippen LogP contribution in [-0.2, 0) is 14.3 Å². The summed E-state index contributed by atoms with van der Waals surface area (Å²) in [5.41, 5.74) is 1.63. The standard InChI is InChI=1S/C21H21FN4O3S/c22-15-7-5-14(6-8-15)17(26-9-11-29-12-10-26)13-23-19(27)20(28)25-21-24-16-3-1-2-4-18(16)30-21/h1-8,17H,9-13H2,(H,23,27)(H,24,25,28). The van der Waals surface area contributed by atoms with Gasteiger partial charge in [0, 0.05) is 19.6 Å². The Balaban J connectivity index is 1.40. The number of nitrogens with zero attached hydrogens (tertiary/aromatic N) is 2. The molecule has 0 aliphatic carbocycles. The summed E-state index contributed by atoms with van der Waals surface area (Å²) in [7, 11) is 0. The molecule has 1 saturated heterocycles. The Bertz CT molecular complexity index is 1000. The Kier molecular flexibility index (Phi) is 6.32. The van der Waals surface area contributed by atoms with Gasteiger partial charge in [0.25, 0.3) is 0 Å².